The Morgan fingerprint density at radius 1 is 1.19 bits per heavy atom. The Morgan fingerprint density at radius 2 is 1.76 bits per heavy atom. The standard InChI is InChI=1S/C14H21N3O3S/c1-16(2)21(19,20)17-10-8-13(9-11-17)15-14(18)12-6-4-3-5-7-12/h3-7,13H,8-11H2,1-2H3,(H,15,18). The van der Waals surface area contributed by atoms with Crippen LogP contribution >= 0.6 is 0 Å². The van der Waals surface area contributed by atoms with Crippen LogP contribution in [0.1, 0.15) is 23.2 Å². The molecule has 1 aliphatic rings. The van der Waals surface area contributed by atoms with Gasteiger partial charge in [-0.25, -0.2) is 0 Å². The molecule has 1 aromatic carbocycles. The lowest BCUT2D eigenvalue weighted by molar-refractivity contribution is 0.0923. The second-order valence-corrected chi connectivity index (χ2v) is 7.45. The van der Waals surface area contributed by atoms with Crippen LogP contribution in [-0.4, -0.2) is 56.2 Å². The van der Waals surface area contributed by atoms with Crippen LogP contribution < -0.4 is 5.32 Å². The van der Waals surface area contributed by atoms with E-state index in [0.717, 1.165) is 0 Å². The molecule has 0 unspecified atom stereocenters. The minimum Gasteiger partial charge on any atom is -0.349 e. The molecule has 1 heterocycles. The zero-order chi connectivity index (χ0) is 15.5. The zero-order valence-corrected chi connectivity index (χ0v) is 13.1. The lowest BCUT2D eigenvalue weighted by Crippen LogP contribution is -2.49. The van der Waals surface area contributed by atoms with Crippen molar-refractivity contribution in [1.29, 1.82) is 0 Å². The molecular weight excluding hydrogens is 290 g/mol. The Morgan fingerprint density at radius 3 is 2.29 bits per heavy atom. The maximum absolute atomic E-state index is 12.0. The van der Waals surface area contributed by atoms with E-state index < -0.39 is 10.2 Å². The number of hydrogen-bond donors (Lipinski definition) is 1. The highest BCUT2D eigenvalue weighted by atomic mass is 32.2. The van der Waals surface area contributed by atoms with Gasteiger partial charge >= 0.3 is 0 Å². The summed E-state index contributed by atoms with van der Waals surface area (Å²) in [5.41, 5.74) is 0.626. The number of hydrogen-bond acceptors (Lipinski definition) is 3. The first-order chi connectivity index (χ1) is 9.91. The van der Waals surface area contributed by atoms with Gasteiger partial charge in [0.15, 0.2) is 0 Å². The third kappa shape index (κ3) is 3.81. The number of nitrogens with one attached hydrogen (secondary N) is 1. The Hall–Kier alpha value is -1.44. The van der Waals surface area contributed by atoms with E-state index in [2.05, 4.69) is 5.32 Å². The van der Waals surface area contributed by atoms with Crippen molar-refractivity contribution in [2.45, 2.75) is 18.9 Å². The summed E-state index contributed by atoms with van der Waals surface area (Å²) in [5.74, 6) is -0.107. The molecular formula is C14H21N3O3S. The number of amides is 1. The molecule has 0 saturated carbocycles. The number of benzene rings is 1. The fourth-order valence-electron chi connectivity index (χ4n) is 2.32. The van der Waals surface area contributed by atoms with Gasteiger partial charge in [0, 0.05) is 38.8 Å². The molecule has 21 heavy (non-hydrogen) atoms. The maximum atomic E-state index is 12.0. The molecule has 116 valence electrons. The maximum Gasteiger partial charge on any atom is 0.281 e. The van der Waals surface area contributed by atoms with Crippen molar-refractivity contribution in [2.75, 3.05) is 27.2 Å². The fraction of sp³-hybridized carbons (Fsp3) is 0.500. The van der Waals surface area contributed by atoms with Crippen LogP contribution in [0, 0.1) is 0 Å². The van der Waals surface area contributed by atoms with Gasteiger partial charge < -0.3 is 5.32 Å². The molecule has 0 aromatic heterocycles. The molecule has 1 aromatic rings. The zero-order valence-electron chi connectivity index (χ0n) is 12.3. The van der Waals surface area contributed by atoms with Crippen molar-refractivity contribution in [1.82, 2.24) is 13.9 Å². The summed E-state index contributed by atoms with van der Waals surface area (Å²) in [6.07, 6.45) is 1.26. The monoisotopic (exact) mass is 311 g/mol. The number of rotatable bonds is 4. The fourth-order valence-corrected chi connectivity index (χ4v) is 3.45. The molecule has 0 aliphatic carbocycles. The van der Waals surface area contributed by atoms with Crippen LogP contribution in [0.25, 0.3) is 0 Å². The largest absolute Gasteiger partial charge is 0.349 e. The third-order valence-electron chi connectivity index (χ3n) is 3.61. The van der Waals surface area contributed by atoms with Gasteiger partial charge in [0.25, 0.3) is 16.1 Å². The van der Waals surface area contributed by atoms with Crippen LogP contribution in [0.3, 0.4) is 0 Å². The molecule has 0 radical (unpaired) electrons. The van der Waals surface area contributed by atoms with E-state index in [1.165, 1.54) is 22.7 Å². The Bertz CT molecular complexity index is 579. The van der Waals surface area contributed by atoms with Gasteiger partial charge in [0.05, 0.1) is 0 Å². The summed E-state index contributed by atoms with van der Waals surface area (Å²) in [5, 5.41) is 2.96. The number of piperidine rings is 1. The van der Waals surface area contributed by atoms with Gasteiger partial charge in [-0.15, -0.1) is 0 Å². The highest BCUT2D eigenvalue weighted by Gasteiger charge is 2.30. The number of carbonyl (C=O) groups excluding carboxylic acids is 1. The van der Waals surface area contributed by atoms with Crippen molar-refractivity contribution in [3.05, 3.63) is 35.9 Å². The molecule has 0 atom stereocenters. The average Bonchev–Trinajstić information content (AvgIpc) is 2.48. The number of carbonyl (C=O) groups is 1. The van der Waals surface area contributed by atoms with Gasteiger partial charge in [-0.05, 0) is 25.0 Å². The molecule has 1 amide bonds. The number of nitrogens with zero attached hydrogens (tertiary/aromatic N) is 2. The first-order valence-corrected chi connectivity index (χ1v) is 8.34. The minimum atomic E-state index is -3.35. The van der Waals surface area contributed by atoms with E-state index in [-0.39, 0.29) is 11.9 Å². The van der Waals surface area contributed by atoms with Crippen molar-refractivity contribution >= 4 is 16.1 Å². The molecule has 6 nitrogen and oxygen atoms in total. The predicted octanol–water partition coefficient (Wildman–Crippen LogP) is 0.687. The van der Waals surface area contributed by atoms with Gasteiger partial charge in [-0.1, -0.05) is 18.2 Å². The molecule has 0 bridgehead atoms. The van der Waals surface area contributed by atoms with Crippen molar-refractivity contribution in [3.8, 4) is 0 Å². The van der Waals surface area contributed by atoms with Crippen LogP contribution in [0.5, 0.6) is 0 Å². The second-order valence-electron chi connectivity index (χ2n) is 5.30. The Kier molecular flexibility index (Phi) is 4.97. The van der Waals surface area contributed by atoms with Crippen LogP contribution in [0.4, 0.5) is 0 Å². The van der Waals surface area contributed by atoms with E-state index in [1.54, 1.807) is 12.1 Å². The lowest BCUT2D eigenvalue weighted by Gasteiger charge is -2.33. The van der Waals surface area contributed by atoms with Gasteiger partial charge in [0.1, 0.15) is 0 Å². The van der Waals surface area contributed by atoms with Crippen molar-refractivity contribution < 1.29 is 13.2 Å². The Balaban J connectivity index is 1.89. The summed E-state index contributed by atoms with van der Waals surface area (Å²) in [6.45, 7) is 0.862. The summed E-state index contributed by atoms with van der Waals surface area (Å²) < 4.78 is 26.7. The van der Waals surface area contributed by atoms with Crippen LogP contribution in [-0.2, 0) is 10.2 Å². The summed E-state index contributed by atoms with van der Waals surface area (Å²) in [6, 6.07) is 9.05. The van der Waals surface area contributed by atoms with Gasteiger partial charge in [-0.2, -0.15) is 17.0 Å². The topological polar surface area (TPSA) is 69.7 Å². The average molecular weight is 311 g/mol. The summed E-state index contributed by atoms with van der Waals surface area (Å²) >= 11 is 0. The van der Waals surface area contributed by atoms with E-state index in [1.807, 2.05) is 18.2 Å². The molecule has 1 fully saturated rings. The van der Waals surface area contributed by atoms with Gasteiger partial charge in [-0.3, -0.25) is 4.79 Å². The molecule has 1 aliphatic heterocycles. The molecule has 1 N–H and O–H groups in total. The first kappa shape index (κ1) is 15.9. The van der Waals surface area contributed by atoms with Crippen LogP contribution in [0.15, 0.2) is 30.3 Å². The quantitative estimate of drug-likeness (QED) is 0.889. The van der Waals surface area contributed by atoms with E-state index in [9.17, 15) is 13.2 Å². The second kappa shape index (κ2) is 6.55. The van der Waals surface area contributed by atoms with Crippen molar-refractivity contribution in [3.63, 3.8) is 0 Å². The van der Waals surface area contributed by atoms with E-state index >= 15 is 0 Å². The molecule has 0 spiro atoms. The van der Waals surface area contributed by atoms with Crippen molar-refractivity contribution in [2.24, 2.45) is 0 Å². The summed E-state index contributed by atoms with van der Waals surface area (Å²) in [4.78, 5) is 12.0. The summed E-state index contributed by atoms with van der Waals surface area (Å²) in [7, 11) is -0.297. The van der Waals surface area contributed by atoms with E-state index in [4.69, 9.17) is 0 Å². The van der Waals surface area contributed by atoms with Crippen LogP contribution in [0.2, 0.25) is 0 Å². The predicted molar refractivity (Wildman–Crippen MR) is 81.1 cm³/mol. The first-order valence-electron chi connectivity index (χ1n) is 6.95. The minimum absolute atomic E-state index is 0.0197. The highest BCUT2D eigenvalue weighted by Crippen LogP contribution is 2.16. The SMILES string of the molecule is CN(C)S(=O)(=O)N1CCC(NC(=O)c2ccccc2)CC1. The normalized spacial score (nSPS) is 17.9. The third-order valence-corrected chi connectivity index (χ3v) is 5.55. The molecule has 7 heteroatoms. The van der Waals surface area contributed by atoms with E-state index in [0.29, 0.717) is 31.5 Å². The lowest BCUT2D eigenvalue weighted by atomic mass is 10.1. The smallest absolute Gasteiger partial charge is 0.281 e. The van der Waals surface area contributed by atoms with Gasteiger partial charge in [0.2, 0.25) is 0 Å². The Labute approximate surface area is 125 Å². The molecule has 2 rings (SSSR count). The highest BCUT2D eigenvalue weighted by molar-refractivity contribution is 7.86. The molecule has 1 saturated heterocycles.